The molecule has 1 heterocycles. The molecule has 17 heavy (non-hydrogen) atoms. The predicted octanol–water partition coefficient (Wildman–Crippen LogP) is 3.44. The van der Waals surface area contributed by atoms with Crippen molar-refractivity contribution < 1.29 is 0 Å². The highest BCUT2D eigenvalue weighted by Gasteiger charge is 1.96. The number of aromatic nitrogens is 1. The Kier molecular flexibility index (Phi) is 4.29. The van der Waals surface area contributed by atoms with E-state index in [1.165, 1.54) is 11.1 Å². The maximum Gasteiger partial charge on any atom is 0.106 e. The fraction of sp³-hybridized carbons (Fsp3) is 0.214. The molecule has 0 fully saturated rings. The summed E-state index contributed by atoms with van der Waals surface area (Å²) in [6.07, 6.45) is 0. The molecule has 0 unspecified atom stereocenters. The van der Waals surface area contributed by atoms with E-state index in [1.807, 2.05) is 18.2 Å². The first-order valence-corrected chi connectivity index (χ1v) is 6.41. The lowest BCUT2D eigenvalue weighted by Gasteiger charge is -2.05. The van der Waals surface area contributed by atoms with Crippen LogP contribution in [0.5, 0.6) is 0 Å². The summed E-state index contributed by atoms with van der Waals surface area (Å²) in [5.41, 5.74) is 3.64. The Bertz CT molecular complexity index is 480. The molecule has 1 N–H and O–H groups in total. The van der Waals surface area contributed by atoms with Gasteiger partial charge in [0.15, 0.2) is 0 Å². The first kappa shape index (κ1) is 12.3. The van der Waals surface area contributed by atoms with Crippen LogP contribution in [-0.2, 0) is 13.1 Å². The predicted molar refractivity (Wildman–Crippen MR) is 73.7 cm³/mol. The molecule has 0 spiro atoms. The number of halogens is 1. The molecule has 2 rings (SSSR count). The van der Waals surface area contributed by atoms with Gasteiger partial charge in [-0.3, -0.25) is 0 Å². The third kappa shape index (κ3) is 3.95. The van der Waals surface area contributed by atoms with E-state index in [9.17, 15) is 0 Å². The SMILES string of the molecule is Cc1ccc(CNCc2cccc(Br)n2)cc1. The van der Waals surface area contributed by atoms with Gasteiger partial charge in [-0.2, -0.15) is 0 Å². The van der Waals surface area contributed by atoms with E-state index in [4.69, 9.17) is 0 Å². The van der Waals surface area contributed by atoms with Gasteiger partial charge in [0.25, 0.3) is 0 Å². The van der Waals surface area contributed by atoms with Crippen molar-refractivity contribution in [2.75, 3.05) is 0 Å². The molecular weight excluding hydrogens is 276 g/mol. The van der Waals surface area contributed by atoms with Crippen LogP contribution < -0.4 is 5.32 Å². The molecule has 0 bridgehead atoms. The Morgan fingerprint density at radius 1 is 1.06 bits per heavy atom. The smallest absolute Gasteiger partial charge is 0.106 e. The van der Waals surface area contributed by atoms with Crippen LogP contribution in [0.25, 0.3) is 0 Å². The Labute approximate surface area is 110 Å². The van der Waals surface area contributed by atoms with Crippen molar-refractivity contribution >= 4 is 15.9 Å². The normalized spacial score (nSPS) is 10.5. The monoisotopic (exact) mass is 290 g/mol. The summed E-state index contributed by atoms with van der Waals surface area (Å²) in [6.45, 7) is 3.75. The fourth-order valence-corrected chi connectivity index (χ4v) is 1.97. The van der Waals surface area contributed by atoms with E-state index in [2.05, 4.69) is 57.4 Å². The van der Waals surface area contributed by atoms with Crippen LogP contribution in [0, 0.1) is 6.92 Å². The molecule has 1 aromatic heterocycles. The molecule has 0 saturated carbocycles. The van der Waals surface area contributed by atoms with Gasteiger partial charge < -0.3 is 5.32 Å². The summed E-state index contributed by atoms with van der Waals surface area (Å²) >= 11 is 3.37. The summed E-state index contributed by atoms with van der Waals surface area (Å²) in [4.78, 5) is 4.37. The molecule has 1 aromatic carbocycles. The average Bonchev–Trinajstić information content (AvgIpc) is 2.32. The molecule has 0 atom stereocenters. The van der Waals surface area contributed by atoms with Crippen LogP contribution >= 0.6 is 15.9 Å². The lowest BCUT2D eigenvalue weighted by atomic mass is 10.1. The number of aryl methyl sites for hydroxylation is 1. The Balaban J connectivity index is 1.85. The van der Waals surface area contributed by atoms with Crippen molar-refractivity contribution in [2.45, 2.75) is 20.0 Å². The molecule has 0 radical (unpaired) electrons. The zero-order chi connectivity index (χ0) is 12.1. The molecule has 0 saturated heterocycles. The topological polar surface area (TPSA) is 24.9 Å². The minimum absolute atomic E-state index is 0.785. The van der Waals surface area contributed by atoms with Gasteiger partial charge in [0.05, 0.1) is 5.69 Å². The second-order valence-corrected chi connectivity index (χ2v) is 4.85. The highest BCUT2D eigenvalue weighted by molar-refractivity contribution is 9.10. The standard InChI is InChI=1S/C14H15BrN2/c1-11-5-7-12(8-6-11)9-16-10-13-3-2-4-14(15)17-13/h2-8,16H,9-10H2,1H3. The van der Waals surface area contributed by atoms with Crippen molar-refractivity contribution in [1.82, 2.24) is 10.3 Å². The number of pyridine rings is 1. The number of nitrogens with zero attached hydrogens (tertiary/aromatic N) is 1. The van der Waals surface area contributed by atoms with Gasteiger partial charge in [-0.1, -0.05) is 35.9 Å². The van der Waals surface area contributed by atoms with Crippen LogP contribution in [0.2, 0.25) is 0 Å². The van der Waals surface area contributed by atoms with Gasteiger partial charge in [0.1, 0.15) is 4.60 Å². The highest BCUT2D eigenvalue weighted by Crippen LogP contribution is 2.07. The van der Waals surface area contributed by atoms with Crippen molar-refractivity contribution in [3.05, 3.63) is 63.9 Å². The molecule has 0 aliphatic rings. The molecule has 88 valence electrons. The molecule has 0 amide bonds. The molecule has 3 heteroatoms. The van der Waals surface area contributed by atoms with Crippen molar-refractivity contribution in [3.63, 3.8) is 0 Å². The van der Waals surface area contributed by atoms with E-state index in [0.29, 0.717) is 0 Å². The Hall–Kier alpha value is -1.19. The lowest BCUT2D eigenvalue weighted by molar-refractivity contribution is 0.678. The Morgan fingerprint density at radius 3 is 2.53 bits per heavy atom. The maximum atomic E-state index is 4.37. The van der Waals surface area contributed by atoms with Gasteiger partial charge in [-0.05, 0) is 40.5 Å². The Morgan fingerprint density at radius 2 is 1.82 bits per heavy atom. The van der Waals surface area contributed by atoms with Crippen molar-refractivity contribution in [2.24, 2.45) is 0 Å². The third-order valence-electron chi connectivity index (χ3n) is 2.53. The van der Waals surface area contributed by atoms with E-state index < -0.39 is 0 Å². The van der Waals surface area contributed by atoms with E-state index in [-0.39, 0.29) is 0 Å². The van der Waals surface area contributed by atoms with Gasteiger partial charge in [0, 0.05) is 13.1 Å². The average molecular weight is 291 g/mol. The van der Waals surface area contributed by atoms with E-state index in [1.54, 1.807) is 0 Å². The fourth-order valence-electron chi connectivity index (χ4n) is 1.59. The van der Waals surface area contributed by atoms with Crippen LogP contribution in [0.15, 0.2) is 47.1 Å². The second kappa shape index (κ2) is 5.94. The maximum absolute atomic E-state index is 4.37. The molecular formula is C14H15BrN2. The first-order valence-electron chi connectivity index (χ1n) is 5.62. The van der Waals surface area contributed by atoms with Crippen molar-refractivity contribution in [1.29, 1.82) is 0 Å². The third-order valence-corrected chi connectivity index (χ3v) is 2.97. The number of nitrogens with one attached hydrogen (secondary N) is 1. The number of benzene rings is 1. The summed E-state index contributed by atoms with van der Waals surface area (Å²) in [5, 5.41) is 3.38. The summed E-state index contributed by atoms with van der Waals surface area (Å²) < 4.78 is 0.882. The molecule has 2 aromatic rings. The zero-order valence-electron chi connectivity index (χ0n) is 9.78. The largest absolute Gasteiger partial charge is 0.307 e. The van der Waals surface area contributed by atoms with Gasteiger partial charge in [-0.15, -0.1) is 0 Å². The second-order valence-electron chi connectivity index (χ2n) is 4.04. The van der Waals surface area contributed by atoms with Crippen LogP contribution in [0.4, 0.5) is 0 Å². The summed E-state index contributed by atoms with van der Waals surface area (Å²) in [6, 6.07) is 14.5. The van der Waals surface area contributed by atoms with Crippen molar-refractivity contribution in [3.8, 4) is 0 Å². The molecule has 2 nitrogen and oxygen atoms in total. The first-order chi connectivity index (χ1) is 8.24. The number of rotatable bonds is 4. The zero-order valence-corrected chi connectivity index (χ0v) is 11.4. The van der Waals surface area contributed by atoms with E-state index in [0.717, 1.165) is 23.4 Å². The van der Waals surface area contributed by atoms with E-state index >= 15 is 0 Å². The van der Waals surface area contributed by atoms with Gasteiger partial charge in [0.2, 0.25) is 0 Å². The summed E-state index contributed by atoms with van der Waals surface area (Å²) in [5.74, 6) is 0. The molecule has 0 aliphatic heterocycles. The quantitative estimate of drug-likeness (QED) is 0.873. The summed E-state index contributed by atoms with van der Waals surface area (Å²) in [7, 11) is 0. The minimum atomic E-state index is 0.785. The minimum Gasteiger partial charge on any atom is -0.307 e. The number of hydrogen-bond donors (Lipinski definition) is 1. The van der Waals surface area contributed by atoms with Crippen LogP contribution in [0.1, 0.15) is 16.8 Å². The lowest BCUT2D eigenvalue weighted by Crippen LogP contribution is -2.13. The highest BCUT2D eigenvalue weighted by atomic mass is 79.9. The van der Waals surface area contributed by atoms with Gasteiger partial charge >= 0.3 is 0 Å². The molecule has 0 aliphatic carbocycles. The van der Waals surface area contributed by atoms with Crippen LogP contribution in [-0.4, -0.2) is 4.98 Å². The van der Waals surface area contributed by atoms with Crippen LogP contribution in [0.3, 0.4) is 0 Å². The number of hydrogen-bond acceptors (Lipinski definition) is 2. The van der Waals surface area contributed by atoms with Gasteiger partial charge in [-0.25, -0.2) is 4.98 Å².